The standard InChI is InChI=1S/C15H31NO/c1-4-11-16-14(15(5-2)17-3)12-13-9-7-6-8-10-13/h13-16H,4-12H2,1-3H3. The molecule has 0 radical (unpaired) electrons. The van der Waals surface area contributed by atoms with E-state index in [1.807, 2.05) is 7.11 Å². The van der Waals surface area contributed by atoms with Crippen LogP contribution in [0.3, 0.4) is 0 Å². The maximum atomic E-state index is 5.64. The molecule has 0 amide bonds. The van der Waals surface area contributed by atoms with E-state index in [0.29, 0.717) is 12.1 Å². The van der Waals surface area contributed by atoms with Crippen molar-refractivity contribution in [1.29, 1.82) is 0 Å². The van der Waals surface area contributed by atoms with E-state index in [0.717, 1.165) is 18.9 Å². The van der Waals surface area contributed by atoms with Crippen LogP contribution < -0.4 is 5.32 Å². The number of methoxy groups -OCH3 is 1. The van der Waals surface area contributed by atoms with Crippen molar-refractivity contribution in [2.75, 3.05) is 13.7 Å². The van der Waals surface area contributed by atoms with Gasteiger partial charge in [0.05, 0.1) is 6.10 Å². The zero-order chi connectivity index (χ0) is 12.5. The van der Waals surface area contributed by atoms with Gasteiger partial charge in [-0.3, -0.25) is 0 Å². The summed E-state index contributed by atoms with van der Waals surface area (Å²) in [6.07, 6.45) is 11.2. The highest BCUT2D eigenvalue weighted by atomic mass is 16.5. The molecular formula is C15H31NO. The van der Waals surface area contributed by atoms with Crippen molar-refractivity contribution in [3.63, 3.8) is 0 Å². The summed E-state index contributed by atoms with van der Waals surface area (Å²) >= 11 is 0. The molecule has 102 valence electrons. The number of nitrogens with one attached hydrogen (secondary N) is 1. The molecule has 0 heterocycles. The van der Waals surface area contributed by atoms with Crippen molar-refractivity contribution in [3.8, 4) is 0 Å². The van der Waals surface area contributed by atoms with Gasteiger partial charge in [0.25, 0.3) is 0 Å². The van der Waals surface area contributed by atoms with Gasteiger partial charge in [-0.25, -0.2) is 0 Å². The summed E-state index contributed by atoms with van der Waals surface area (Å²) in [7, 11) is 1.86. The fraction of sp³-hybridized carbons (Fsp3) is 1.00. The Morgan fingerprint density at radius 2 is 1.88 bits per heavy atom. The van der Waals surface area contributed by atoms with E-state index in [-0.39, 0.29) is 0 Å². The first kappa shape index (κ1) is 15.0. The van der Waals surface area contributed by atoms with Crippen molar-refractivity contribution < 1.29 is 4.74 Å². The lowest BCUT2D eigenvalue weighted by atomic mass is 9.83. The highest BCUT2D eigenvalue weighted by Gasteiger charge is 2.24. The number of ether oxygens (including phenoxy) is 1. The fourth-order valence-electron chi connectivity index (χ4n) is 3.09. The summed E-state index contributed by atoms with van der Waals surface area (Å²) in [5, 5.41) is 3.69. The summed E-state index contributed by atoms with van der Waals surface area (Å²) < 4.78 is 5.64. The molecule has 1 rings (SSSR count). The number of hydrogen-bond donors (Lipinski definition) is 1. The van der Waals surface area contributed by atoms with E-state index in [2.05, 4.69) is 19.2 Å². The largest absolute Gasteiger partial charge is 0.380 e. The minimum atomic E-state index is 0.392. The van der Waals surface area contributed by atoms with Gasteiger partial charge < -0.3 is 10.1 Å². The van der Waals surface area contributed by atoms with Crippen LogP contribution >= 0.6 is 0 Å². The first-order valence-electron chi connectivity index (χ1n) is 7.57. The average molecular weight is 241 g/mol. The summed E-state index contributed by atoms with van der Waals surface area (Å²) in [5.41, 5.74) is 0. The van der Waals surface area contributed by atoms with Crippen LogP contribution in [0.15, 0.2) is 0 Å². The predicted molar refractivity (Wildman–Crippen MR) is 74.4 cm³/mol. The van der Waals surface area contributed by atoms with Crippen molar-refractivity contribution in [2.45, 2.75) is 77.4 Å². The number of hydrogen-bond acceptors (Lipinski definition) is 2. The summed E-state index contributed by atoms with van der Waals surface area (Å²) in [6.45, 7) is 5.59. The van der Waals surface area contributed by atoms with Gasteiger partial charge in [0, 0.05) is 13.2 Å². The van der Waals surface area contributed by atoms with Gasteiger partial charge in [0.15, 0.2) is 0 Å². The van der Waals surface area contributed by atoms with Crippen LogP contribution in [0.4, 0.5) is 0 Å². The van der Waals surface area contributed by atoms with Gasteiger partial charge >= 0.3 is 0 Å². The molecule has 2 atom stereocenters. The zero-order valence-electron chi connectivity index (χ0n) is 12.0. The second-order valence-electron chi connectivity index (χ2n) is 5.48. The molecule has 0 saturated heterocycles. The lowest BCUT2D eigenvalue weighted by Crippen LogP contribution is -2.42. The molecule has 1 aliphatic carbocycles. The first-order valence-corrected chi connectivity index (χ1v) is 7.57. The molecule has 1 fully saturated rings. The van der Waals surface area contributed by atoms with Gasteiger partial charge in [0.2, 0.25) is 0 Å². The second-order valence-corrected chi connectivity index (χ2v) is 5.48. The minimum Gasteiger partial charge on any atom is -0.380 e. The molecule has 0 bridgehead atoms. The first-order chi connectivity index (χ1) is 8.31. The Morgan fingerprint density at radius 1 is 1.18 bits per heavy atom. The van der Waals surface area contributed by atoms with Gasteiger partial charge in [-0.05, 0) is 31.7 Å². The van der Waals surface area contributed by atoms with Gasteiger partial charge in [-0.15, -0.1) is 0 Å². The molecule has 0 spiro atoms. The predicted octanol–water partition coefficient (Wildman–Crippen LogP) is 3.75. The van der Waals surface area contributed by atoms with Crippen molar-refractivity contribution >= 4 is 0 Å². The van der Waals surface area contributed by atoms with Crippen LogP contribution in [0.2, 0.25) is 0 Å². The van der Waals surface area contributed by atoms with Crippen molar-refractivity contribution in [3.05, 3.63) is 0 Å². The molecule has 17 heavy (non-hydrogen) atoms. The Kier molecular flexibility index (Phi) is 7.87. The lowest BCUT2D eigenvalue weighted by molar-refractivity contribution is 0.0543. The molecular weight excluding hydrogens is 210 g/mol. The summed E-state index contributed by atoms with van der Waals surface area (Å²) in [4.78, 5) is 0. The fourth-order valence-corrected chi connectivity index (χ4v) is 3.09. The van der Waals surface area contributed by atoms with Gasteiger partial charge in [-0.1, -0.05) is 46.0 Å². The smallest absolute Gasteiger partial charge is 0.0721 e. The quantitative estimate of drug-likeness (QED) is 0.699. The van der Waals surface area contributed by atoms with Crippen LogP contribution in [-0.2, 0) is 4.74 Å². The Morgan fingerprint density at radius 3 is 2.41 bits per heavy atom. The topological polar surface area (TPSA) is 21.3 Å². The van der Waals surface area contributed by atoms with Gasteiger partial charge in [0.1, 0.15) is 0 Å². The van der Waals surface area contributed by atoms with E-state index in [4.69, 9.17) is 4.74 Å². The molecule has 1 aliphatic rings. The van der Waals surface area contributed by atoms with Crippen molar-refractivity contribution in [1.82, 2.24) is 5.32 Å². The zero-order valence-corrected chi connectivity index (χ0v) is 12.0. The minimum absolute atomic E-state index is 0.392. The summed E-state index contributed by atoms with van der Waals surface area (Å²) in [6, 6.07) is 0.563. The Balaban J connectivity index is 2.42. The van der Waals surface area contributed by atoms with Crippen molar-refractivity contribution in [2.24, 2.45) is 5.92 Å². The second kappa shape index (κ2) is 8.93. The normalized spacial score (nSPS) is 21.4. The molecule has 1 N–H and O–H groups in total. The van der Waals surface area contributed by atoms with E-state index in [1.165, 1.54) is 44.9 Å². The SMILES string of the molecule is CCCNC(CC1CCCCC1)C(CC)OC. The van der Waals surface area contributed by atoms with E-state index in [1.54, 1.807) is 0 Å². The van der Waals surface area contributed by atoms with Gasteiger partial charge in [-0.2, -0.15) is 0 Å². The molecule has 1 saturated carbocycles. The monoisotopic (exact) mass is 241 g/mol. The molecule has 0 aromatic carbocycles. The van der Waals surface area contributed by atoms with E-state index >= 15 is 0 Å². The van der Waals surface area contributed by atoms with E-state index in [9.17, 15) is 0 Å². The van der Waals surface area contributed by atoms with Crippen LogP contribution in [0.1, 0.15) is 65.2 Å². The molecule has 0 aromatic heterocycles. The van der Waals surface area contributed by atoms with Crippen LogP contribution in [0.25, 0.3) is 0 Å². The third kappa shape index (κ3) is 5.39. The lowest BCUT2D eigenvalue weighted by Gasteiger charge is -2.31. The third-order valence-corrected chi connectivity index (χ3v) is 4.12. The average Bonchev–Trinajstić information content (AvgIpc) is 2.38. The maximum Gasteiger partial charge on any atom is 0.0721 e. The Hall–Kier alpha value is -0.0800. The van der Waals surface area contributed by atoms with E-state index < -0.39 is 0 Å². The molecule has 0 aromatic rings. The summed E-state index contributed by atoms with van der Waals surface area (Å²) in [5.74, 6) is 0.933. The third-order valence-electron chi connectivity index (χ3n) is 4.12. The van der Waals surface area contributed by atoms with Crippen LogP contribution in [0, 0.1) is 5.92 Å². The molecule has 2 nitrogen and oxygen atoms in total. The van der Waals surface area contributed by atoms with Crippen LogP contribution in [0.5, 0.6) is 0 Å². The molecule has 2 unspecified atom stereocenters. The highest BCUT2D eigenvalue weighted by molar-refractivity contribution is 4.80. The highest BCUT2D eigenvalue weighted by Crippen LogP contribution is 2.28. The molecule has 2 heteroatoms. The van der Waals surface area contributed by atoms with Crippen LogP contribution in [-0.4, -0.2) is 25.8 Å². The Bertz CT molecular complexity index is 174. The maximum absolute atomic E-state index is 5.64. The number of rotatable bonds is 8. The molecule has 0 aliphatic heterocycles. The Labute approximate surface area is 108 Å².